The van der Waals surface area contributed by atoms with Gasteiger partial charge in [0.2, 0.25) is 0 Å². The smallest absolute Gasteiger partial charge is 0.145 e. The van der Waals surface area contributed by atoms with Crippen molar-refractivity contribution in [1.82, 2.24) is 9.97 Å². The monoisotopic (exact) mass is 187 g/mol. The molecule has 4 nitrogen and oxygen atoms in total. The van der Waals surface area contributed by atoms with E-state index in [9.17, 15) is 0 Å². The number of rotatable bonds is 1. The molecule has 2 aromatic rings. The van der Waals surface area contributed by atoms with E-state index in [0.29, 0.717) is 11.3 Å². The summed E-state index contributed by atoms with van der Waals surface area (Å²) in [6.07, 6.45) is 0. The zero-order valence-corrected chi connectivity index (χ0v) is 7.96. The van der Waals surface area contributed by atoms with Crippen LogP contribution in [0.2, 0.25) is 0 Å². The van der Waals surface area contributed by atoms with Crippen molar-refractivity contribution < 1.29 is 4.74 Å². The summed E-state index contributed by atoms with van der Waals surface area (Å²) >= 11 is 0. The zero-order valence-electron chi connectivity index (χ0n) is 7.96. The molecule has 0 amide bonds. The number of H-pyrrole nitrogens is 1. The minimum absolute atomic E-state index is 0.556. The Hall–Kier alpha value is -2.02. The Morgan fingerprint density at radius 1 is 1.50 bits per heavy atom. The Morgan fingerprint density at radius 2 is 2.29 bits per heavy atom. The van der Waals surface area contributed by atoms with Crippen molar-refractivity contribution in [3.8, 4) is 11.8 Å². The lowest BCUT2D eigenvalue weighted by molar-refractivity contribution is 0.419. The van der Waals surface area contributed by atoms with Gasteiger partial charge in [-0.3, -0.25) is 0 Å². The highest BCUT2D eigenvalue weighted by Gasteiger charge is 2.07. The van der Waals surface area contributed by atoms with E-state index in [-0.39, 0.29) is 0 Å². The molecule has 0 fully saturated rings. The van der Waals surface area contributed by atoms with Gasteiger partial charge in [-0.15, -0.1) is 0 Å². The second-order valence-corrected chi connectivity index (χ2v) is 3.01. The third kappa shape index (κ3) is 1.19. The Kier molecular flexibility index (Phi) is 1.86. The number of methoxy groups -OCH3 is 1. The largest absolute Gasteiger partial charge is 0.494 e. The average molecular weight is 187 g/mol. The van der Waals surface area contributed by atoms with Crippen molar-refractivity contribution in [1.29, 1.82) is 5.26 Å². The van der Waals surface area contributed by atoms with Crippen LogP contribution in [0.25, 0.3) is 11.0 Å². The van der Waals surface area contributed by atoms with Gasteiger partial charge in [-0.25, -0.2) is 4.98 Å². The quantitative estimate of drug-likeness (QED) is 0.739. The fourth-order valence-corrected chi connectivity index (χ4v) is 1.43. The minimum Gasteiger partial charge on any atom is -0.494 e. The van der Waals surface area contributed by atoms with E-state index in [2.05, 4.69) is 16.0 Å². The third-order valence-electron chi connectivity index (χ3n) is 2.02. The highest BCUT2D eigenvalue weighted by Crippen LogP contribution is 2.25. The summed E-state index contributed by atoms with van der Waals surface area (Å²) in [5.41, 5.74) is 2.16. The van der Waals surface area contributed by atoms with Crippen molar-refractivity contribution in [2.75, 3.05) is 7.11 Å². The number of benzene rings is 1. The second kappa shape index (κ2) is 3.04. The molecule has 0 saturated heterocycles. The van der Waals surface area contributed by atoms with Crippen LogP contribution >= 0.6 is 0 Å². The number of hydrogen-bond acceptors (Lipinski definition) is 3. The molecule has 0 radical (unpaired) electrons. The number of fused-ring (bicyclic) bond motifs is 1. The predicted molar refractivity (Wildman–Crippen MR) is 52.1 cm³/mol. The molecule has 1 N–H and O–H groups in total. The zero-order chi connectivity index (χ0) is 10.1. The maximum Gasteiger partial charge on any atom is 0.145 e. The molecule has 0 aliphatic rings. The molecule has 1 heterocycles. The van der Waals surface area contributed by atoms with Crippen LogP contribution in [0.3, 0.4) is 0 Å². The van der Waals surface area contributed by atoms with Gasteiger partial charge in [-0.05, 0) is 13.0 Å². The Balaban J connectivity index is 2.80. The van der Waals surface area contributed by atoms with E-state index in [0.717, 1.165) is 16.9 Å². The Morgan fingerprint density at radius 3 is 2.93 bits per heavy atom. The van der Waals surface area contributed by atoms with E-state index in [1.165, 1.54) is 0 Å². The molecule has 1 aromatic heterocycles. The summed E-state index contributed by atoms with van der Waals surface area (Å²) in [4.78, 5) is 7.33. The van der Waals surface area contributed by atoms with Crippen molar-refractivity contribution in [3.05, 3.63) is 23.5 Å². The van der Waals surface area contributed by atoms with E-state index < -0.39 is 0 Å². The number of imidazole rings is 1. The van der Waals surface area contributed by atoms with Gasteiger partial charge < -0.3 is 9.72 Å². The molecule has 4 heteroatoms. The number of nitrogens with zero attached hydrogens (tertiary/aromatic N) is 2. The van der Waals surface area contributed by atoms with Gasteiger partial charge in [0, 0.05) is 6.07 Å². The molecular weight excluding hydrogens is 178 g/mol. The Labute approximate surface area is 81.1 Å². The molecule has 0 spiro atoms. The first-order valence-electron chi connectivity index (χ1n) is 4.19. The summed E-state index contributed by atoms with van der Waals surface area (Å²) in [6.45, 7) is 1.87. The molecule has 0 saturated carbocycles. The number of ether oxygens (including phenoxy) is 1. The number of aryl methyl sites for hydroxylation is 1. The first-order chi connectivity index (χ1) is 6.74. The van der Waals surface area contributed by atoms with Crippen molar-refractivity contribution in [3.63, 3.8) is 0 Å². The van der Waals surface area contributed by atoms with E-state index >= 15 is 0 Å². The molecule has 1 aromatic carbocycles. The second-order valence-electron chi connectivity index (χ2n) is 3.01. The van der Waals surface area contributed by atoms with Crippen LogP contribution in [-0.4, -0.2) is 17.1 Å². The molecule has 14 heavy (non-hydrogen) atoms. The summed E-state index contributed by atoms with van der Waals surface area (Å²) in [5, 5.41) is 8.78. The lowest BCUT2D eigenvalue weighted by Gasteiger charge is -2.00. The summed E-state index contributed by atoms with van der Waals surface area (Å²) in [6, 6.07) is 5.50. The highest BCUT2D eigenvalue weighted by atomic mass is 16.5. The normalized spacial score (nSPS) is 10.1. The van der Waals surface area contributed by atoms with Crippen LogP contribution < -0.4 is 4.74 Å². The standard InChI is InChI=1S/C10H9N3O/c1-6-12-8-3-7(5-11)4-9(14-2)10(8)13-6/h3-4H,1-2H3,(H,12,13). The number of nitrogens with one attached hydrogen (secondary N) is 1. The Bertz CT molecular complexity index is 522. The highest BCUT2D eigenvalue weighted by molar-refractivity contribution is 5.83. The number of hydrogen-bond donors (Lipinski definition) is 1. The molecule has 0 aliphatic heterocycles. The molecule has 0 atom stereocenters. The molecule has 0 aliphatic carbocycles. The molecule has 0 bridgehead atoms. The van der Waals surface area contributed by atoms with Crippen molar-refractivity contribution in [2.24, 2.45) is 0 Å². The van der Waals surface area contributed by atoms with Gasteiger partial charge in [-0.1, -0.05) is 0 Å². The van der Waals surface area contributed by atoms with Gasteiger partial charge >= 0.3 is 0 Å². The van der Waals surface area contributed by atoms with Crippen LogP contribution in [0.15, 0.2) is 12.1 Å². The summed E-state index contributed by atoms with van der Waals surface area (Å²) in [5.74, 6) is 1.47. The van der Waals surface area contributed by atoms with Crippen molar-refractivity contribution in [2.45, 2.75) is 6.92 Å². The van der Waals surface area contributed by atoms with Crippen LogP contribution in [0.1, 0.15) is 11.4 Å². The predicted octanol–water partition coefficient (Wildman–Crippen LogP) is 1.75. The van der Waals surface area contributed by atoms with Gasteiger partial charge in [-0.2, -0.15) is 5.26 Å². The lowest BCUT2D eigenvalue weighted by Crippen LogP contribution is -1.86. The molecule has 0 unspecified atom stereocenters. The van der Waals surface area contributed by atoms with Crippen molar-refractivity contribution >= 4 is 11.0 Å². The van der Waals surface area contributed by atoms with Gasteiger partial charge in [0.25, 0.3) is 0 Å². The topological polar surface area (TPSA) is 61.7 Å². The molecule has 70 valence electrons. The van der Waals surface area contributed by atoms with E-state index in [1.54, 1.807) is 19.2 Å². The maximum atomic E-state index is 8.78. The number of aromatic amines is 1. The third-order valence-corrected chi connectivity index (χ3v) is 2.02. The van der Waals surface area contributed by atoms with E-state index in [1.807, 2.05) is 6.92 Å². The fraction of sp³-hybridized carbons (Fsp3) is 0.200. The summed E-state index contributed by atoms with van der Waals surface area (Å²) < 4.78 is 5.16. The van der Waals surface area contributed by atoms with Gasteiger partial charge in [0.15, 0.2) is 0 Å². The number of nitriles is 1. The SMILES string of the molecule is COc1cc(C#N)cc2nc(C)[nH]c12. The van der Waals surface area contributed by atoms with Crippen LogP contribution in [0.5, 0.6) is 5.75 Å². The summed E-state index contributed by atoms with van der Waals surface area (Å²) in [7, 11) is 1.58. The fourth-order valence-electron chi connectivity index (χ4n) is 1.43. The molecule has 2 rings (SSSR count). The van der Waals surface area contributed by atoms with Crippen LogP contribution in [0.4, 0.5) is 0 Å². The van der Waals surface area contributed by atoms with E-state index in [4.69, 9.17) is 10.00 Å². The first kappa shape index (κ1) is 8.57. The maximum absolute atomic E-state index is 8.78. The first-order valence-corrected chi connectivity index (χ1v) is 4.19. The lowest BCUT2D eigenvalue weighted by atomic mass is 10.2. The van der Waals surface area contributed by atoms with Gasteiger partial charge in [0.1, 0.15) is 17.1 Å². The average Bonchev–Trinajstić information content (AvgIpc) is 2.56. The number of aromatic nitrogens is 2. The minimum atomic E-state index is 0.556. The molecular formula is C10H9N3O. The van der Waals surface area contributed by atoms with Crippen LogP contribution in [-0.2, 0) is 0 Å². The van der Waals surface area contributed by atoms with Gasteiger partial charge in [0.05, 0.1) is 24.3 Å². The van der Waals surface area contributed by atoms with Crippen LogP contribution in [0, 0.1) is 18.3 Å².